The lowest BCUT2D eigenvalue weighted by Gasteiger charge is -2.19. The molecule has 9 heteroatoms. The maximum atomic E-state index is 12.5. The van der Waals surface area contributed by atoms with Gasteiger partial charge in [0, 0.05) is 36.6 Å². The summed E-state index contributed by atoms with van der Waals surface area (Å²) in [7, 11) is 1.66. The van der Waals surface area contributed by atoms with Crippen molar-refractivity contribution >= 4 is 23.5 Å². The van der Waals surface area contributed by atoms with Crippen LogP contribution in [0.5, 0.6) is 5.75 Å². The molecule has 0 unspecified atom stereocenters. The van der Waals surface area contributed by atoms with Crippen molar-refractivity contribution in [1.29, 1.82) is 0 Å². The number of halogens is 2. The third kappa shape index (κ3) is 6.15. The standard InChI is InChI=1S/C21H20F2N4O2S/c1-14-12-17(30-20-24-10-3-11-25-20)8-9-18(14)26-21(28)27(2)13-15-4-6-16(7-5-15)29-19(22)23/h3-12,19H,13H2,1-2H3,(H,26,28). The first-order chi connectivity index (χ1) is 14.4. The molecule has 0 aliphatic carbocycles. The van der Waals surface area contributed by atoms with Crippen LogP contribution in [0.3, 0.4) is 0 Å². The van der Waals surface area contributed by atoms with E-state index in [0.717, 1.165) is 16.0 Å². The molecule has 0 bridgehead atoms. The third-order valence-corrected chi connectivity index (χ3v) is 4.99. The van der Waals surface area contributed by atoms with Crippen LogP contribution < -0.4 is 10.1 Å². The minimum absolute atomic E-state index is 0.0790. The molecule has 3 aromatic rings. The molecule has 3 rings (SSSR count). The molecule has 0 atom stereocenters. The van der Waals surface area contributed by atoms with Gasteiger partial charge in [-0.15, -0.1) is 0 Å². The van der Waals surface area contributed by atoms with Gasteiger partial charge < -0.3 is 15.0 Å². The van der Waals surface area contributed by atoms with Crippen molar-refractivity contribution in [3.8, 4) is 5.75 Å². The monoisotopic (exact) mass is 430 g/mol. The van der Waals surface area contributed by atoms with Gasteiger partial charge in [0.15, 0.2) is 5.16 Å². The summed E-state index contributed by atoms with van der Waals surface area (Å²) in [6, 6.07) is 13.4. The maximum absolute atomic E-state index is 12.5. The number of amides is 2. The van der Waals surface area contributed by atoms with Crippen LogP contribution in [0.25, 0.3) is 0 Å². The molecule has 2 aromatic carbocycles. The first-order valence-corrected chi connectivity index (χ1v) is 9.84. The molecule has 0 spiro atoms. The Bertz CT molecular complexity index is 988. The molecular weight excluding hydrogens is 410 g/mol. The fraction of sp³-hybridized carbons (Fsp3) is 0.190. The van der Waals surface area contributed by atoms with Gasteiger partial charge in [-0.1, -0.05) is 12.1 Å². The molecule has 0 fully saturated rings. The summed E-state index contributed by atoms with van der Waals surface area (Å²) < 4.78 is 28.8. The second kappa shape index (κ2) is 10.0. The van der Waals surface area contributed by atoms with Crippen molar-refractivity contribution in [3.63, 3.8) is 0 Å². The van der Waals surface area contributed by atoms with Gasteiger partial charge >= 0.3 is 12.6 Å². The Balaban J connectivity index is 1.58. The largest absolute Gasteiger partial charge is 0.435 e. The summed E-state index contributed by atoms with van der Waals surface area (Å²) in [5, 5.41) is 3.53. The van der Waals surface area contributed by atoms with E-state index in [-0.39, 0.29) is 11.8 Å². The zero-order valence-corrected chi connectivity index (χ0v) is 17.2. The number of hydrogen-bond acceptors (Lipinski definition) is 5. The summed E-state index contributed by atoms with van der Waals surface area (Å²) in [5.41, 5.74) is 2.40. The van der Waals surface area contributed by atoms with Gasteiger partial charge in [0.2, 0.25) is 0 Å². The number of benzene rings is 2. The number of nitrogens with zero attached hydrogens (tertiary/aromatic N) is 3. The zero-order chi connectivity index (χ0) is 21.5. The number of ether oxygens (including phenoxy) is 1. The van der Waals surface area contributed by atoms with E-state index in [1.807, 2.05) is 25.1 Å². The fourth-order valence-electron chi connectivity index (χ4n) is 2.62. The second-order valence-corrected chi connectivity index (χ2v) is 7.46. The topological polar surface area (TPSA) is 67.4 Å². The zero-order valence-electron chi connectivity index (χ0n) is 16.4. The minimum atomic E-state index is -2.86. The predicted octanol–water partition coefficient (Wildman–Crippen LogP) is 5.20. The smallest absolute Gasteiger partial charge is 0.387 e. The van der Waals surface area contributed by atoms with Crippen molar-refractivity contribution in [1.82, 2.24) is 14.9 Å². The average molecular weight is 430 g/mol. The van der Waals surface area contributed by atoms with Crippen molar-refractivity contribution in [2.45, 2.75) is 30.1 Å². The highest BCUT2D eigenvalue weighted by Gasteiger charge is 2.12. The van der Waals surface area contributed by atoms with E-state index >= 15 is 0 Å². The summed E-state index contributed by atoms with van der Waals surface area (Å²) in [6.07, 6.45) is 3.37. The number of urea groups is 1. The summed E-state index contributed by atoms with van der Waals surface area (Å²) in [5.74, 6) is 0.0790. The highest BCUT2D eigenvalue weighted by molar-refractivity contribution is 7.99. The van der Waals surface area contributed by atoms with Crippen LogP contribution in [0.2, 0.25) is 0 Å². The quantitative estimate of drug-likeness (QED) is 0.522. The summed E-state index contributed by atoms with van der Waals surface area (Å²) in [4.78, 5) is 23.4. The molecule has 6 nitrogen and oxygen atoms in total. The Morgan fingerprint density at radius 1 is 1.17 bits per heavy atom. The Morgan fingerprint density at radius 3 is 2.50 bits per heavy atom. The average Bonchev–Trinajstić information content (AvgIpc) is 2.72. The Hall–Kier alpha value is -3.20. The molecule has 0 saturated heterocycles. The third-order valence-electron chi connectivity index (χ3n) is 4.11. The highest BCUT2D eigenvalue weighted by Crippen LogP contribution is 2.28. The molecule has 1 heterocycles. The molecule has 2 amide bonds. The van der Waals surface area contributed by atoms with Gasteiger partial charge in [-0.2, -0.15) is 8.78 Å². The number of hydrogen-bond donors (Lipinski definition) is 1. The van der Waals surface area contributed by atoms with E-state index in [0.29, 0.717) is 17.4 Å². The normalized spacial score (nSPS) is 10.7. The van der Waals surface area contributed by atoms with Crippen LogP contribution >= 0.6 is 11.8 Å². The van der Waals surface area contributed by atoms with Gasteiger partial charge in [-0.05, 0) is 66.2 Å². The Morgan fingerprint density at radius 2 is 1.87 bits per heavy atom. The first kappa shape index (κ1) is 21.5. The summed E-state index contributed by atoms with van der Waals surface area (Å²) >= 11 is 1.44. The first-order valence-electron chi connectivity index (χ1n) is 9.02. The van der Waals surface area contributed by atoms with Crippen molar-refractivity contribution < 1.29 is 18.3 Å². The van der Waals surface area contributed by atoms with Crippen LogP contribution in [-0.2, 0) is 6.54 Å². The van der Waals surface area contributed by atoms with Gasteiger partial charge in [-0.25, -0.2) is 14.8 Å². The second-order valence-electron chi connectivity index (χ2n) is 6.42. The van der Waals surface area contributed by atoms with Gasteiger partial charge in [0.05, 0.1) is 0 Å². The number of anilines is 1. The lowest BCUT2D eigenvalue weighted by Crippen LogP contribution is -2.31. The number of rotatable bonds is 7. The molecule has 0 saturated carbocycles. The molecule has 0 aliphatic heterocycles. The van der Waals surface area contributed by atoms with Crippen LogP contribution in [0.15, 0.2) is 71.0 Å². The van der Waals surface area contributed by atoms with E-state index in [1.54, 1.807) is 37.6 Å². The fourth-order valence-corrected chi connectivity index (χ4v) is 3.43. The molecule has 1 N–H and O–H groups in total. The van der Waals surface area contributed by atoms with Crippen LogP contribution in [0, 0.1) is 6.92 Å². The number of aryl methyl sites for hydroxylation is 1. The molecule has 1 aromatic heterocycles. The number of carbonyl (C=O) groups is 1. The van der Waals surface area contributed by atoms with Gasteiger partial charge in [0.1, 0.15) is 5.75 Å². The lowest BCUT2D eigenvalue weighted by molar-refractivity contribution is -0.0498. The molecule has 0 radical (unpaired) electrons. The van der Waals surface area contributed by atoms with Crippen molar-refractivity contribution in [3.05, 3.63) is 72.1 Å². The maximum Gasteiger partial charge on any atom is 0.387 e. The van der Waals surface area contributed by atoms with Gasteiger partial charge in [-0.3, -0.25) is 0 Å². The Kier molecular flexibility index (Phi) is 7.18. The number of aromatic nitrogens is 2. The highest BCUT2D eigenvalue weighted by atomic mass is 32.2. The predicted molar refractivity (Wildman–Crippen MR) is 111 cm³/mol. The number of carbonyl (C=O) groups excluding carboxylic acids is 1. The van der Waals surface area contributed by atoms with Crippen LogP contribution in [-0.4, -0.2) is 34.6 Å². The molecule has 156 valence electrons. The van der Waals surface area contributed by atoms with E-state index in [1.165, 1.54) is 28.8 Å². The summed E-state index contributed by atoms with van der Waals surface area (Å²) in [6.45, 7) is -0.635. The molecular formula is C21H20F2N4O2S. The van der Waals surface area contributed by atoms with Gasteiger partial charge in [0.25, 0.3) is 0 Å². The minimum Gasteiger partial charge on any atom is -0.435 e. The molecule has 30 heavy (non-hydrogen) atoms. The number of nitrogens with one attached hydrogen (secondary N) is 1. The van der Waals surface area contributed by atoms with Crippen LogP contribution in [0.1, 0.15) is 11.1 Å². The van der Waals surface area contributed by atoms with E-state index < -0.39 is 6.61 Å². The van der Waals surface area contributed by atoms with E-state index in [2.05, 4.69) is 20.0 Å². The SMILES string of the molecule is Cc1cc(Sc2ncccn2)ccc1NC(=O)N(C)Cc1ccc(OC(F)F)cc1. The molecule has 0 aliphatic rings. The van der Waals surface area contributed by atoms with E-state index in [9.17, 15) is 13.6 Å². The lowest BCUT2D eigenvalue weighted by atomic mass is 10.2. The van der Waals surface area contributed by atoms with E-state index in [4.69, 9.17) is 0 Å². The van der Waals surface area contributed by atoms with Crippen LogP contribution in [0.4, 0.5) is 19.3 Å². The Labute approximate surface area is 177 Å². The van der Waals surface area contributed by atoms with Crippen molar-refractivity contribution in [2.75, 3.05) is 12.4 Å². The van der Waals surface area contributed by atoms with Crippen molar-refractivity contribution in [2.24, 2.45) is 0 Å². The number of alkyl halides is 2.